The van der Waals surface area contributed by atoms with E-state index in [1.807, 2.05) is 30.3 Å². The van der Waals surface area contributed by atoms with Crippen LogP contribution in [-0.4, -0.2) is 38.6 Å². The Morgan fingerprint density at radius 1 is 1.11 bits per heavy atom. The lowest BCUT2D eigenvalue weighted by Gasteiger charge is -2.19. The zero-order valence-electron chi connectivity index (χ0n) is 18.8. The third-order valence-corrected chi connectivity index (χ3v) is 8.76. The van der Waals surface area contributed by atoms with Gasteiger partial charge in [0.25, 0.3) is 15.6 Å². The van der Waals surface area contributed by atoms with Crippen LogP contribution < -0.4 is 15.6 Å². The molecular formula is C23H20N4O6S3. The highest BCUT2D eigenvalue weighted by molar-refractivity contribution is 7.91. The van der Waals surface area contributed by atoms with Crippen molar-refractivity contribution in [2.75, 3.05) is 11.6 Å². The van der Waals surface area contributed by atoms with Crippen LogP contribution in [0.2, 0.25) is 0 Å². The molecule has 0 aliphatic carbocycles. The lowest BCUT2D eigenvalue weighted by atomic mass is 10.1. The maximum Gasteiger partial charge on any atom is 0.287 e. The van der Waals surface area contributed by atoms with Gasteiger partial charge in [0.2, 0.25) is 10.0 Å². The van der Waals surface area contributed by atoms with Gasteiger partial charge in [-0.3, -0.25) is 4.79 Å². The van der Waals surface area contributed by atoms with Crippen molar-refractivity contribution in [3.63, 3.8) is 0 Å². The molecule has 0 atom stereocenters. The molecule has 0 bridgehead atoms. The average Bonchev–Trinajstić information content (AvgIpc) is 3.25. The van der Waals surface area contributed by atoms with Crippen molar-refractivity contribution < 1.29 is 21.9 Å². The molecule has 3 N–H and O–H groups in total. The van der Waals surface area contributed by atoms with E-state index in [4.69, 9.17) is 0 Å². The molecule has 1 aliphatic heterocycles. The Balaban J connectivity index is 1.66. The summed E-state index contributed by atoms with van der Waals surface area (Å²) < 4.78 is 56.8. The Hall–Kier alpha value is -3.52. The number of anilines is 1. The standard InChI is InChI=1S/C23H20N4O6S3/c1-35(30,31)24-11-15-13-34-22-20(15)36(32,33)26-21(25-22)18-19(28)16-9-5-6-10-17(16)27(23(18)29)12-14-7-3-2-4-8-14/h2-10,13,24,28H,11-12H2,1H3,(H,25,26). The summed E-state index contributed by atoms with van der Waals surface area (Å²) in [5.41, 5.74) is 0.660. The van der Waals surface area contributed by atoms with Crippen molar-refractivity contribution >= 4 is 53.1 Å². The number of nitrogens with one attached hydrogen (secondary N) is 2. The number of hydrogen-bond acceptors (Lipinski definition) is 8. The summed E-state index contributed by atoms with van der Waals surface area (Å²) >= 11 is 1.03. The van der Waals surface area contributed by atoms with E-state index in [1.54, 1.807) is 24.3 Å². The van der Waals surface area contributed by atoms with E-state index < -0.39 is 25.6 Å². The first kappa shape index (κ1) is 24.2. The van der Waals surface area contributed by atoms with Crippen molar-refractivity contribution in [2.45, 2.75) is 18.0 Å². The van der Waals surface area contributed by atoms with Crippen LogP contribution in [-0.2, 0) is 33.1 Å². The Morgan fingerprint density at radius 3 is 2.53 bits per heavy atom. The summed E-state index contributed by atoms with van der Waals surface area (Å²) in [7, 11) is -7.87. The van der Waals surface area contributed by atoms with Gasteiger partial charge in [-0.1, -0.05) is 42.5 Å². The fourth-order valence-corrected chi connectivity index (χ4v) is 7.04. The predicted molar refractivity (Wildman–Crippen MR) is 139 cm³/mol. The molecule has 0 unspecified atom stereocenters. The predicted octanol–water partition coefficient (Wildman–Crippen LogP) is 2.43. The summed E-state index contributed by atoms with van der Waals surface area (Å²) in [4.78, 5) is 13.5. The first-order valence-corrected chi connectivity index (χ1v) is 14.8. The molecule has 2 aromatic heterocycles. The van der Waals surface area contributed by atoms with Crippen molar-refractivity contribution in [3.8, 4) is 5.75 Å². The summed E-state index contributed by atoms with van der Waals surface area (Å²) in [6, 6.07) is 16.1. The molecule has 0 spiro atoms. The Labute approximate surface area is 210 Å². The number of para-hydroxylation sites is 1. The number of benzene rings is 2. The molecule has 13 heteroatoms. The normalized spacial score (nSPS) is 14.8. The van der Waals surface area contributed by atoms with Crippen molar-refractivity contribution in [2.24, 2.45) is 4.40 Å². The largest absolute Gasteiger partial charge is 0.506 e. The van der Waals surface area contributed by atoms with E-state index in [9.17, 15) is 26.7 Å². The van der Waals surface area contributed by atoms with Gasteiger partial charge in [-0.15, -0.1) is 15.7 Å². The molecule has 0 saturated carbocycles. The number of sulfonamides is 2. The second-order valence-electron chi connectivity index (χ2n) is 8.17. The number of aromatic nitrogens is 1. The molecule has 36 heavy (non-hydrogen) atoms. The molecule has 10 nitrogen and oxygen atoms in total. The molecule has 5 rings (SSSR count). The number of thiophene rings is 1. The van der Waals surface area contributed by atoms with Crippen molar-refractivity contribution in [3.05, 3.63) is 87.0 Å². The second-order valence-corrected chi connectivity index (χ2v) is 12.4. The van der Waals surface area contributed by atoms with Gasteiger partial charge in [0.05, 0.1) is 18.3 Å². The summed E-state index contributed by atoms with van der Waals surface area (Å²) in [6.45, 7) is -0.0411. The monoisotopic (exact) mass is 544 g/mol. The van der Waals surface area contributed by atoms with Crippen LogP contribution in [0.4, 0.5) is 5.00 Å². The molecule has 2 aromatic carbocycles. The van der Waals surface area contributed by atoms with Gasteiger partial charge in [-0.2, -0.15) is 8.42 Å². The Kier molecular flexibility index (Phi) is 5.95. The molecule has 0 fully saturated rings. The first-order chi connectivity index (χ1) is 17.0. The van der Waals surface area contributed by atoms with E-state index in [-0.39, 0.29) is 45.7 Å². The summed E-state index contributed by atoms with van der Waals surface area (Å²) in [5, 5.41) is 16.0. The van der Waals surface area contributed by atoms with E-state index in [0.29, 0.717) is 10.9 Å². The van der Waals surface area contributed by atoms with Crippen molar-refractivity contribution in [1.82, 2.24) is 9.29 Å². The molecule has 1 aliphatic rings. The van der Waals surface area contributed by atoms with Gasteiger partial charge in [0.15, 0.2) is 5.84 Å². The first-order valence-electron chi connectivity index (χ1n) is 10.6. The minimum atomic E-state index is -4.31. The van der Waals surface area contributed by atoms with Gasteiger partial charge in [-0.25, -0.2) is 13.1 Å². The molecule has 0 radical (unpaired) electrons. The van der Waals surface area contributed by atoms with E-state index >= 15 is 0 Å². The van der Waals surface area contributed by atoms with E-state index in [1.165, 1.54) is 9.95 Å². The summed E-state index contributed by atoms with van der Waals surface area (Å²) in [5.74, 6) is -0.692. The maximum absolute atomic E-state index is 13.7. The average molecular weight is 545 g/mol. The lowest BCUT2D eigenvalue weighted by Crippen LogP contribution is -2.33. The van der Waals surface area contributed by atoms with E-state index in [2.05, 4.69) is 14.4 Å². The Bertz CT molecular complexity index is 1810. The highest BCUT2D eigenvalue weighted by atomic mass is 32.2. The van der Waals surface area contributed by atoms with Crippen LogP contribution in [0, 0.1) is 0 Å². The van der Waals surface area contributed by atoms with Crippen molar-refractivity contribution in [1.29, 1.82) is 0 Å². The van der Waals surface area contributed by atoms with E-state index in [0.717, 1.165) is 23.2 Å². The molecular weight excluding hydrogens is 524 g/mol. The number of amidine groups is 1. The smallest absolute Gasteiger partial charge is 0.287 e. The zero-order chi connectivity index (χ0) is 25.7. The third-order valence-electron chi connectivity index (χ3n) is 5.61. The number of rotatable bonds is 6. The fourth-order valence-electron chi connectivity index (χ4n) is 4.01. The number of hydrogen-bond donors (Lipinski definition) is 3. The topological polar surface area (TPSA) is 147 Å². The number of aromatic hydroxyl groups is 1. The van der Waals surface area contributed by atoms with Gasteiger partial charge in [0.1, 0.15) is 21.2 Å². The van der Waals surface area contributed by atoms with Crippen LogP contribution >= 0.6 is 11.3 Å². The fraction of sp³-hybridized carbons (Fsp3) is 0.130. The third kappa shape index (κ3) is 4.41. The number of fused-ring (bicyclic) bond motifs is 2. The molecule has 3 heterocycles. The van der Waals surface area contributed by atoms with Crippen LogP contribution in [0.5, 0.6) is 5.75 Å². The SMILES string of the molecule is CS(=O)(=O)NCc1csc2c1S(=O)(=O)N=C(c1c(O)c3ccccc3n(Cc3ccccc3)c1=O)N2. The lowest BCUT2D eigenvalue weighted by molar-refractivity contribution is 0.478. The molecule has 186 valence electrons. The highest BCUT2D eigenvalue weighted by Crippen LogP contribution is 2.38. The number of pyridine rings is 1. The van der Waals surface area contributed by atoms with Crippen LogP contribution in [0.3, 0.4) is 0 Å². The summed E-state index contributed by atoms with van der Waals surface area (Å²) in [6.07, 6.45) is 0.970. The maximum atomic E-state index is 13.7. The van der Waals surface area contributed by atoms with Gasteiger partial charge in [0, 0.05) is 17.5 Å². The molecule has 0 saturated heterocycles. The van der Waals surface area contributed by atoms with Gasteiger partial charge < -0.3 is 15.0 Å². The van der Waals surface area contributed by atoms with Gasteiger partial charge in [-0.05, 0) is 23.1 Å². The highest BCUT2D eigenvalue weighted by Gasteiger charge is 2.33. The minimum absolute atomic E-state index is 0.169. The number of nitrogens with zero attached hydrogens (tertiary/aromatic N) is 2. The van der Waals surface area contributed by atoms with Crippen LogP contribution in [0.25, 0.3) is 10.9 Å². The second kappa shape index (κ2) is 8.85. The van der Waals surface area contributed by atoms with Crippen LogP contribution in [0.1, 0.15) is 16.7 Å². The molecule has 0 amide bonds. The van der Waals surface area contributed by atoms with Gasteiger partial charge >= 0.3 is 0 Å². The minimum Gasteiger partial charge on any atom is -0.506 e. The van der Waals surface area contributed by atoms with Crippen LogP contribution in [0.15, 0.2) is 74.1 Å². The quantitative estimate of drug-likeness (QED) is 0.338. The molecule has 4 aromatic rings. The zero-order valence-corrected chi connectivity index (χ0v) is 21.2. The Morgan fingerprint density at radius 2 is 1.81 bits per heavy atom.